The maximum Gasteiger partial charge on any atom is 0.229 e. The molecule has 0 radical (unpaired) electrons. The van der Waals surface area contributed by atoms with E-state index in [2.05, 4.69) is 47.8 Å². The molecule has 0 saturated carbocycles. The fourth-order valence-corrected chi connectivity index (χ4v) is 4.67. The summed E-state index contributed by atoms with van der Waals surface area (Å²) in [6, 6.07) is 20.2. The van der Waals surface area contributed by atoms with E-state index in [1.807, 2.05) is 26.0 Å². The predicted octanol–water partition coefficient (Wildman–Crippen LogP) is 6.34. The van der Waals surface area contributed by atoms with Gasteiger partial charge in [0.1, 0.15) is 0 Å². The molecule has 0 aliphatic heterocycles. The van der Waals surface area contributed by atoms with Gasteiger partial charge in [-0.05, 0) is 47.9 Å². The van der Waals surface area contributed by atoms with Crippen LogP contribution in [0, 0.1) is 13.8 Å². The molecule has 1 heterocycles. The van der Waals surface area contributed by atoms with Crippen molar-refractivity contribution >= 4 is 45.3 Å². The van der Waals surface area contributed by atoms with Gasteiger partial charge in [-0.3, -0.25) is 4.79 Å². The number of carbonyl (C=O) groups excluding carboxylic acids is 1. The molecule has 4 rings (SSSR count). The third kappa shape index (κ3) is 4.50. The van der Waals surface area contributed by atoms with E-state index >= 15 is 0 Å². The van der Waals surface area contributed by atoms with Crippen LogP contribution in [0.25, 0.3) is 10.8 Å². The van der Waals surface area contributed by atoms with Gasteiger partial charge in [0.25, 0.3) is 0 Å². The van der Waals surface area contributed by atoms with Crippen molar-refractivity contribution in [2.75, 3.05) is 5.32 Å². The molecular weight excluding hydrogens is 400 g/mol. The molecule has 0 unspecified atom stereocenters. The lowest BCUT2D eigenvalue weighted by atomic mass is 10.0. The zero-order valence-corrected chi connectivity index (χ0v) is 17.9. The zero-order valence-electron chi connectivity index (χ0n) is 16.3. The normalized spacial score (nSPS) is 11.0. The van der Waals surface area contributed by atoms with Crippen LogP contribution < -0.4 is 5.32 Å². The fourth-order valence-electron chi connectivity index (χ4n) is 3.41. The van der Waals surface area contributed by atoms with Gasteiger partial charge in [-0.1, -0.05) is 60.1 Å². The van der Waals surface area contributed by atoms with Gasteiger partial charge in [0.2, 0.25) is 5.91 Å². The Morgan fingerprint density at radius 3 is 2.72 bits per heavy atom. The summed E-state index contributed by atoms with van der Waals surface area (Å²) >= 11 is 7.66. The first-order valence-corrected chi connectivity index (χ1v) is 10.7. The number of halogens is 1. The van der Waals surface area contributed by atoms with Crippen LogP contribution in [0.15, 0.2) is 60.7 Å². The zero-order chi connectivity index (χ0) is 20.4. The molecule has 0 spiro atoms. The minimum Gasteiger partial charge on any atom is -0.325 e. The van der Waals surface area contributed by atoms with Crippen LogP contribution in [0.3, 0.4) is 0 Å². The summed E-state index contributed by atoms with van der Waals surface area (Å²) in [5.74, 6) is -0.0566. The van der Waals surface area contributed by atoms with Crippen LogP contribution >= 0.6 is 22.9 Å². The van der Waals surface area contributed by atoms with Crippen LogP contribution in [-0.4, -0.2) is 10.9 Å². The van der Waals surface area contributed by atoms with Gasteiger partial charge >= 0.3 is 0 Å². The summed E-state index contributed by atoms with van der Waals surface area (Å²) in [6.07, 6.45) is 1.08. The molecule has 0 bridgehead atoms. The molecule has 29 heavy (non-hydrogen) atoms. The van der Waals surface area contributed by atoms with Crippen molar-refractivity contribution < 1.29 is 4.79 Å². The van der Waals surface area contributed by atoms with Gasteiger partial charge in [0.05, 0.1) is 17.1 Å². The van der Waals surface area contributed by atoms with Gasteiger partial charge in [0, 0.05) is 22.0 Å². The lowest BCUT2D eigenvalue weighted by Crippen LogP contribution is -2.15. The van der Waals surface area contributed by atoms with E-state index in [0.29, 0.717) is 11.4 Å². The number of benzene rings is 3. The number of rotatable bonds is 5. The van der Waals surface area contributed by atoms with E-state index in [1.165, 1.54) is 16.3 Å². The van der Waals surface area contributed by atoms with Crippen LogP contribution in [0.4, 0.5) is 5.69 Å². The van der Waals surface area contributed by atoms with E-state index in [-0.39, 0.29) is 5.91 Å². The van der Waals surface area contributed by atoms with Crippen LogP contribution in [0.5, 0.6) is 0 Å². The molecule has 3 nitrogen and oxygen atoms in total. The van der Waals surface area contributed by atoms with Gasteiger partial charge in [-0.25, -0.2) is 4.98 Å². The third-order valence-electron chi connectivity index (χ3n) is 4.95. The quantitative estimate of drug-likeness (QED) is 0.409. The third-order valence-corrected chi connectivity index (χ3v) is 6.35. The average molecular weight is 421 g/mol. The Balaban J connectivity index is 1.50. The molecule has 0 fully saturated rings. The van der Waals surface area contributed by atoms with E-state index in [4.69, 9.17) is 16.6 Å². The SMILES string of the molecule is Cc1ccc(Cl)cc1NC(=O)Cc1sc(Cc2cccc3ccccc23)nc1C. The maximum atomic E-state index is 12.6. The lowest BCUT2D eigenvalue weighted by Gasteiger charge is -2.08. The van der Waals surface area contributed by atoms with Crippen molar-refractivity contribution in [1.82, 2.24) is 4.98 Å². The number of hydrogen-bond donors (Lipinski definition) is 1. The molecule has 1 N–H and O–H groups in total. The van der Waals surface area contributed by atoms with E-state index in [9.17, 15) is 4.79 Å². The van der Waals surface area contributed by atoms with Gasteiger partial charge < -0.3 is 5.32 Å². The van der Waals surface area contributed by atoms with Crippen LogP contribution in [0.2, 0.25) is 5.02 Å². The van der Waals surface area contributed by atoms with Crippen molar-refractivity contribution in [3.8, 4) is 0 Å². The molecule has 0 atom stereocenters. The Hall–Kier alpha value is -2.69. The summed E-state index contributed by atoms with van der Waals surface area (Å²) in [6.45, 7) is 3.92. The lowest BCUT2D eigenvalue weighted by molar-refractivity contribution is -0.115. The summed E-state index contributed by atoms with van der Waals surface area (Å²) in [7, 11) is 0. The summed E-state index contributed by atoms with van der Waals surface area (Å²) in [5, 5.41) is 7.08. The van der Waals surface area contributed by atoms with E-state index in [0.717, 1.165) is 33.3 Å². The number of nitrogens with zero attached hydrogens (tertiary/aromatic N) is 1. The smallest absolute Gasteiger partial charge is 0.229 e. The highest BCUT2D eigenvalue weighted by molar-refractivity contribution is 7.11. The van der Waals surface area contributed by atoms with Crippen molar-refractivity contribution in [2.24, 2.45) is 0 Å². The monoisotopic (exact) mass is 420 g/mol. The molecule has 1 aromatic heterocycles. The summed E-state index contributed by atoms with van der Waals surface area (Å²) < 4.78 is 0. The molecule has 146 valence electrons. The molecule has 0 aliphatic rings. The van der Waals surface area contributed by atoms with Crippen molar-refractivity contribution in [3.05, 3.63) is 92.4 Å². The first-order valence-electron chi connectivity index (χ1n) is 9.47. The van der Waals surface area contributed by atoms with Crippen molar-refractivity contribution in [2.45, 2.75) is 26.7 Å². The van der Waals surface area contributed by atoms with E-state index < -0.39 is 0 Å². The highest BCUT2D eigenvalue weighted by Gasteiger charge is 2.14. The van der Waals surface area contributed by atoms with Gasteiger partial charge in [-0.2, -0.15) is 0 Å². The number of thiazole rings is 1. The fraction of sp³-hybridized carbons (Fsp3) is 0.167. The molecule has 0 saturated heterocycles. The van der Waals surface area contributed by atoms with Crippen molar-refractivity contribution in [1.29, 1.82) is 0 Å². The molecule has 1 amide bonds. The molecule has 5 heteroatoms. The highest BCUT2D eigenvalue weighted by atomic mass is 35.5. The highest BCUT2D eigenvalue weighted by Crippen LogP contribution is 2.26. The topological polar surface area (TPSA) is 42.0 Å². The molecule has 0 aliphatic carbocycles. The molecular formula is C24H21ClN2OS. The minimum atomic E-state index is -0.0566. The van der Waals surface area contributed by atoms with Gasteiger partial charge in [-0.15, -0.1) is 11.3 Å². The van der Waals surface area contributed by atoms with Crippen molar-refractivity contribution in [3.63, 3.8) is 0 Å². The van der Waals surface area contributed by atoms with Gasteiger partial charge in [0.15, 0.2) is 0 Å². The van der Waals surface area contributed by atoms with Crippen LogP contribution in [-0.2, 0) is 17.6 Å². The second-order valence-corrected chi connectivity index (χ2v) is 8.72. The number of anilines is 1. The number of amides is 1. The number of fused-ring (bicyclic) bond motifs is 1. The second-order valence-electron chi connectivity index (χ2n) is 7.12. The number of carbonyl (C=O) groups is 1. The number of aryl methyl sites for hydroxylation is 2. The maximum absolute atomic E-state index is 12.6. The average Bonchev–Trinajstić information content (AvgIpc) is 3.03. The summed E-state index contributed by atoms with van der Waals surface area (Å²) in [4.78, 5) is 18.3. The number of hydrogen-bond acceptors (Lipinski definition) is 3. The number of nitrogens with one attached hydrogen (secondary N) is 1. The minimum absolute atomic E-state index is 0.0566. The Morgan fingerprint density at radius 1 is 1.07 bits per heavy atom. The first-order chi connectivity index (χ1) is 14.0. The number of aromatic nitrogens is 1. The molecule has 3 aromatic carbocycles. The summed E-state index contributed by atoms with van der Waals surface area (Å²) in [5.41, 5.74) is 3.91. The Bertz CT molecular complexity index is 1190. The predicted molar refractivity (Wildman–Crippen MR) is 122 cm³/mol. The molecule has 4 aromatic rings. The van der Waals surface area contributed by atoms with E-state index in [1.54, 1.807) is 17.4 Å². The standard InChI is InChI=1S/C24H21ClN2OS/c1-15-10-11-19(25)13-21(15)27-23(28)14-22-16(2)26-24(29-22)12-18-8-5-7-17-6-3-4-9-20(17)18/h3-11,13H,12,14H2,1-2H3,(H,27,28). The first kappa shape index (κ1) is 19.6. The largest absolute Gasteiger partial charge is 0.325 e. The van der Waals surface area contributed by atoms with Crippen LogP contribution in [0.1, 0.15) is 26.7 Å². The Labute approximate surface area is 179 Å². The Kier molecular flexibility index (Phi) is 5.65. The Morgan fingerprint density at radius 2 is 1.86 bits per heavy atom. The second kappa shape index (κ2) is 8.36.